The first-order chi connectivity index (χ1) is 19.8. The molecule has 4 saturated carbocycles. The lowest BCUT2D eigenvalue weighted by molar-refractivity contribution is -0.313. The molecule has 0 spiro atoms. The molecule has 6 aliphatic rings. The van der Waals surface area contributed by atoms with Gasteiger partial charge in [0.25, 0.3) is 0 Å². The highest BCUT2D eigenvalue weighted by Gasteiger charge is 2.71. The zero-order chi connectivity index (χ0) is 30.2. The number of methoxy groups -OCH3 is 1. The van der Waals surface area contributed by atoms with E-state index in [0.717, 1.165) is 50.5 Å². The van der Waals surface area contributed by atoms with Gasteiger partial charge in [-0.15, -0.1) is 0 Å². The molecule has 0 aromatic carbocycles. The standard InChI is InChI=1S/C32H48O10/c1-16-26(35)28(38-5)27(36)29(40-16)42-20-8-10-30(3)19(13-20)6-7-22-21(30)9-11-31(4)25(18-12-24(34)39-15-18)23(41-17(2)33)14-32(22,31)37/h12,16,19-23,25-29,35-37H,6-11,13-15H2,1-5H3/t16-,19-,20-,21+,22-,23+,25+,26-,27+,28+,29+,30+,31-,32-/m1/s1. The molecule has 1 saturated heterocycles. The van der Waals surface area contributed by atoms with Gasteiger partial charge in [-0.1, -0.05) is 13.8 Å². The summed E-state index contributed by atoms with van der Waals surface area (Å²) in [6, 6.07) is 0. The van der Waals surface area contributed by atoms with Gasteiger partial charge >= 0.3 is 11.9 Å². The van der Waals surface area contributed by atoms with Gasteiger partial charge in [0.2, 0.25) is 0 Å². The van der Waals surface area contributed by atoms with Crippen LogP contribution in [0.2, 0.25) is 0 Å². The van der Waals surface area contributed by atoms with Crippen molar-refractivity contribution in [2.24, 2.45) is 34.5 Å². The van der Waals surface area contributed by atoms with Crippen LogP contribution in [0.4, 0.5) is 0 Å². The number of aliphatic hydroxyl groups excluding tert-OH is 2. The SMILES string of the molecule is CO[C@@H]1[C@H](O)[C@H](O[C@@H]2CC[C@@]3(C)[C@H](CC[C@@H]4[C@@H]3CC[C@]3(C)[C@@H](C5=CC(=O)OC5)[C@@H](OC(C)=O)C[C@@]43O)C2)O[C@H](C)[C@H]1O. The van der Waals surface area contributed by atoms with Gasteiger partial charge in [-0.25, -0.2) is 4.79 Å². The highest BCUT2D eigenvalue weighted by atomic mass is 16.7. The van der Waals surface area contributed by atoms with Crippen LogP contribution in [0.25, 0.3) is 0 Å². The number of rotatable bonds is 5. The van der Waals surface area contributed by atoms with Crippen molar-refractivity contribution in [3.8, 4) is 0 Å². The van der Waals surface area contributed by atoms with E-state index in [4.69, 9.17) is 23.7 Å². The molecule has 42 heavy (non-hydrogen) atoms. The first-order valence-electron chi connectivity index (χ1n) is 15.8. The van der Waals surface area contributed by atoms with Crippen molar-refractivity contribution in [3.05, 3.63) is 11.6 Å². The normalized spacial score (nSPS) is 52.0. The summed E-state index contributed by atoms with van der Waals surface area (Å²) in [5, 5.41) is 33.8. The Balaban J connectivity index is 1.20. The van der Waals surface area contributed by atoms with E-state index in [1.165, 1.54) is 20.1 Å². The summed E-state index contributed by atoms with van der Waals surface area (Å²) in [6.07, 6.45) is 3.36. The molecule has 14 atom stereocenters. The summed E-state index contributed by atoms with van der Waals surface area (Å²) in [5.41, 5.74) is -0.720. The largest absolute Gasteiger partial charge is 0.462 e. The van der Waals surface area contributed by atoms with E-state index in [1.807, 2.05) is 0 Å². The van der Waals surface area contributed by atoms with Crippen molar-refractivity contribution in [1.29, 1.82) is 0 Å². The minimum absolute atomic E-state index is 0.0190. The van der Waals surface area contributed by atoms with Gasteiger partial charge < -0.3 is 39.0 Å². The number of hydrogen-bond donors (Lipinski definition) is 3. The molecular formula is C32H48O10. The Labute approximate surface area is 248 Å². The lowest BCUT2D eigenvalue weighted by Crippen LogP contribution is -2.62. The smallest absolute Gasteiger partial charge is 0.331 e. The van der Waals surface area contributed by atoms with Crippen LogP contribution in [0.1, 0.15) is 79.1 Å². The molecule has 6 rings (SSSR count). The van der Waals surface area contributed by atoms with Crippen LogP contribution in [-0.4, -0.2) is 89.5 Å². The van der Waals surface area contributed by atoms with E-state index < -0.39 is 47.8 Å². The summed E-state index contributed by atoms with van der Waals surface area (Å²) in [5.74, 6) is -0.234. The first-order valence-corrected chi connectivity index (χ1v) is 15.8. The van der Waals surface area contributed by atoms with E-state index in [-0.39, 0.29) is 41.9 Å². The maximum absolute atomic E-state index is 12.7. The number of fused-ring (bicyclic) bond motifs is 5. The number of hydrogen-bond acceptors (Lipinski definition) is 10. The quantitative estimate of drug-likeness (QED) is 0.322. The van der Waals surface area contributed by atoms with E-state index in [2.05, 4.69) is 13.8 Å². The topological polar surface area (TPSA) is 141 Å². The molecule has 2 heterocycles. The van der Waals surface area contributed by atoms with Gasteiger partial charge in [0.05, 0.1) is 17.8 Å². The second kappa shape index (κ2) is 10.8. The second-order valence-corrected chi connectivity index (χ2v) is 14.5. The average Bonchev–Trinajstić information content (AvgIpc) is 3.44. The third-order valence-electron chi connectivity index (χ3n) is 12.6. The van der Waals surface area contributed by atoms with Crippen LogP contribution < -0.4 is 0 Å². The molecule has 0 bridgehead atoms. The Morgan fingerprint density at radius 1 is 1.07 bits per heavy atom. The fourth-order valence-electron chi connectivity index (χ4n) is 10.4. The Morgan fingerprint density at radius 3 is 2.50 bits per heavy atom. The number of esters is 2. The van der Waals surface area contributed by atoms with Crippen molar-refractivity contribution < 1.29 is 48.6 Å². The van der Waals surface area contributed by atoms with E-state index in [0.29, 0.717) is 18.3 Å². The van der Waals surface area contributed by atoms with Gasteiger partial charge in [-0.3, -0.25) is 4.79 Å². The number of carbonyl (C=O) groups excluding carboxylic acids is 2. The molecule has 0 radical (unpaired) electrons. The number of cyclic esters (lactones) is 1. The van der Waals surface area contributed by atoms with Crippen molar-refractivity contribution in [2.45, 2.75) is 128 Å². The highest BCUT2D eigenvalue weighted by Crippen LogP contribution is 2.70. The molecule has 236 valence electrons. The Bertz CT molecular complexity index is 1110. The number of aliphatic hydroxyl groups is 3. The fraction of sp³-hybridized carbons (Fsp3) is 0.875. The minimum atomic E-state index is -1.08. The lowest BCUT2D eigenvalue weighted by Gasteiger charge is -2.63. The zero-order valence-electron chi connectivity index (χ0n) is 25.5. The average molecular weight is 593 g/mol. The molecule has 3 N–H and O–H groups in total. The van der Waals surface area contributed by atoms with E-state index in [1.54, 1.807) is 6.92 Å². The molecular weight excluding hydrogens is 544 g/mol. The van der Waals surface area contributed by atoms with Crippen LogP contribution in [0.3, 0.4) is 0 Å². The van der Waals surface area contributed by atoms with E-state index >= 15 is 0 Å². The van der Waals surface area contributed by atoms with Crippen molar-refractivity contribution in [2.75, 3.05) is 13.7 Å². The van der Waals surface area contributed by atoms with Gasteiger partial charge in [0, 0.05) is 37.9 Å². The second-order valence-electron chi connectivity index (χ2n) is 14.5. The molecule has 0 aromatic heterocycles. The Kier molecular flexibility index (Phi) is 7.84. The van der Waals surface area contributed by atoms with Gasteiger partial charge in [0.15, 0.2) is 6.29 Å². The molecule has 10 nitrogen and oxygen atoms in total. The minimum Gasteiger partial charge on any atom is -0.462 e. The summed E-state index contributed by atoms with van der Waals surface area (Å²) in [7, 11) is 1.47. The third-order valence-corrected chi connectivity index (χ3v) is 12.6. The maximum atomic E-state index is 12.7. The van der Waals surface area contributed by atoms with Crippen LogP contribution in [0, 0.1) is 34.5 Å². The van der Waals surface area contributed by atoms with Crippen LogP contribution in [-0.2, 0) is 33.3 Å². The zero-order valence-corrected chi connectivity index (χ0v) is 25.5. The van der Waals surface area contributed by atoms with Gasteiger partial charge in [0.1, 0.15) is 31.0 Å². The summed E-state index contributed by atoms with van der Waals surface area (Å²) in [6.45, 7) is 7.85. The summed E-state index contributed by atoms with van der Waals surface area (Å²) >= 11 is 0. The number of carbonyl (C=O) groups is 2. The molecule has 0 amide bonds. The Hall–Kier alpha value is -1.56. The number of ether oxygens (including phenoxy) is 5. The predicted molar refractivity (Wildman–Crippen MR) is 149 cm³/mol. The molecule has 10 heteroatoms. The van der Waals surface area contributed by atoms with Crippen molar-refractivity contribution >= 4 is 11.9 Å². The van der Waals surface area contributed by atoms with Gasteiger partial charge in [-0.2, -0.15) is 0 Å². The molecule has 5 fully saturated rings. The summed E-state index contributed by atoms with van der Waals surface area (Å²) < 4.78 is 28.7. The third kappa shape index (κ3) is 4.58. The van der Waals surface area contributed by atoms with Crippen molar-refractivity contribution in [3.63, 3.8) is 0 Å². The van der Waals surface area contributed by atoms with Crippen LogP contribution in [0.15, 0.2) is 11.6 Å². The monoisotopic (exact) mass is 592 g/mol. The fourth-order valence-corrected chi connectivity index (χ4v) is 10.4. The lowest BCUT2D eigenvalue weighted by atomic mass is 9.43. The molecule has 4 aliphatic carbocycles. The molecule has 0 unspecified atom stereocenters. The Morgan fingerprint density at radius 2 is 1.83 bits per heavy atom. The predicted octanol–water partition coefficient (Wildman–Crippen LogP) is 2.65. The van der Waals surface area contributed by atoms with E-state index in [9.17, 15) is 24.9 Å². The summed E-state index contributed by atoms with van der Waals surface area (Å²) in [4.78, 5) is 24.2. The molecule has 2 aliphatic heterocycles. The maximum Gasteiger partial charge on any atom is 0.331 e. The van der Waals surface area contributed by atoms with Crippen LogP contribution in [0.5, 0.6) is 0 Å². The first kappa shape index (κ1) is 30.5. The van der Waals surface area contributed by atoms with Gasteiger partial charge in [-0.05, 0) is 80.6 Å². The highest BCUT2D eigenvalue weighted by molar-refractivity contribution is 5.85. The van der Waals surface area contributed by atoms with Crippen molar-refractivity contribution in [1.82, 2.24) is 0 Å². The molecule has 0 aromatic rings. The van der Waals surface area contributed by atoms with Crippen LogP contribution >= 0.6 is 0 Å².